The summed E-state index contributed by atoms with van der Waals surface area (Å²) in [4.78, 5) is 16.8. The lowest BCUT2D eigenvalue weighted by Gasteiger charge is -1.90. The fourth-order valence-corrected chi connectivity index (χ4v) is 3.04. The number of aryl methyl sites for hydroxylation is 1. The number of nitrogens with zero attached hydrogens (tertiary/aromatic N) is 1. The summed E-state index contributed by atoms with van der Waals surface area (Å²) >= 11 is 8.70. The van der Waals surface area contributed by atoms with Crippen molar-refractivity contribution in [3.63, 3.8) is 0 Å². The van der Waals surface area contributed by atoms with E-state index in [2.05, 4.69) is 4.98 Å². The molecule has 14 heavy (non-hydrogen) atoms. The Hall–Kier alpha value is -0.710. The van der Waals surface area contributed by atoms with E-state index >= 15 is 0 Å². The van der Waals surface area contributed by atoms with E-state index in [-0.39, 0.29) is 0 Å². The molecule has 2 nitrogen and oxygen atoms in total. The van der Waals surface area contributed by atoms with Gasteiger partial charge in [0.25, 0.3) is 0 Å². The van der Waals surface area contributed by atoms with Crippen LogP contribution in [0.3, 0.4) is 0 Å². The van der Waals surface area contributed by atoms with Gasteiger partial charge in [-0.2, -0.15) is 0 Å². The first-order valence-corrected chi connectivity index (χ1v) is 5.90. The molecule has 0 aromatic carbocycles. The molecule has 0 aliphatic carbocycles. The molecule has 0 aliphatic rings. The van der Waals surface area contributed by atoms with Crippen molar-refractivity contribution in [1.29, 1.82) is 0 Å². The number of thiophene rings is 1. The van der Waals surface area contributed by atoms with Gasteiger partial charge in [0, 0.05) is 4.88 Å². The minimum atomic E-state index is 0.516. The number of carbonyl (C=O) groups excluding carboxylic acids is 1. The third-order valence-corrected chi connectivity index (χ3v) is 3.85. The molecule has 2 aromatic rings. The van der Waals surface area contributed by atoms with E-state index in [0.717, 1.165) is 26.1 Å². The minimum Gasteiger partial charge on any atom is -0.295 e. The Labute approximate surface area is 94.2 Å². The second-order valence-electron chi connectivity index (χ2n) is 2.68. The molecule has 2 heterocycles. The molecule has 0 saturated heterocycles. The Bertz CT molecular complexity index is 475. The van der Waals surface area contributed by atoms with Gasteiger partial charge in [-0.3, -0.25) is 4.79 Å². The second-order valence-corrected chi connectivity index (χ2v) is 5.63. The van der Waals surface area contributed by atoms with Gasteiger partial charge in [0.1, 0.15) is 0 Å². The molecule has 5 heteroatoms. The van der Waals surface area contributed by atoms with Gasteiger partial charge in [-0.25, -0.2) is 4.98 Å². The summed E-state index contributed by atoms with van der Waals surface area (Å²) in [6.45, 7) is 1.95. The van der Waals surface area contributed by atoms with Crippen molar-refractivity contribution in [1.82, 2.24) is 4.98 Å². The van der Waals surface area contributed by atoms with Crippen molar-refractivity contribution >= 4 is 40.6 Å². The van der Waals surface area contributed by atoms with Gasteiger partial charge in [-0.15, -0.1) is 22.7 Å². The second kappa shape index (κ2) is 3.81. The van der Waals surface area contributed by atoms with Gasteiger partial charge in [0.15, 0.2) is 11.3 Å². The number of halogens is 1. The van der Waals surface area contributed by atoms with Crippen LogP contribution in [0.4, 0.5) is 0 Å². The molecule has 2 rings (SSSR count). The van der Waals surface area contributed by atoms with Gasteiger partial charge in [-0.1, -0.05) is 11.6 Å². The van der Waals surface area contributed by atoms with Gasteiger partial charge in [0.05, 0.1) is 14.9 Å². The van der Waals surface area contributed by atoms with Crippen molar-refractivity contribution in [2.75, 3.05) is 0 Å². The number of aldehydes is 1. The molecule has 0 atom stereocenters. The zero-order valence-electron chi connectivity index (χ0n) is 7.28. The van der Waals surface area contributed by atoms with Crippen LogP contribution >= 0.6 is 34.3 Å². The standard InChI is InChI=1S/C9H6ClNOS2/c1-5-9(11-8(4-12)13-5)6-2-3-7(10)14-6/h2-4H,1H3. The lowest BCUT2D eigenvalue weighted by atomic mass is 10.3. The Balaban J connectivity index is 2.50. The monoisotopic (exact) mass is 243 g/mol. The third-order valence-electron chi connectivity index (χ3n) is 1.72. The molecule has 0 N–H and O–H groups in total. The zero-order chi connectivity index (χ0) is 10.1. The predicted octanol–water partition coefficient (Wildman–Crippen LogP) is 3.65. The van der Waals surface area contributed by atoms with E-state index < -0.39 is 0 Å². The molecule has 0 spiro atoms. The molecule has 0 unspecified atom stereocenters. The fourth-order valence-electron chi connectivity index (χ4n) is 1.14. The van der Waals surface area contributed by atoms with Crippen LogP contribution in [0.2, 0.25) is 4.34 Å². The maximum absolute atomic E-state index is 10.5. The number of hydrogen-bond acceptors (Lipinski definition) is 4. The summed E-state index contributed by atoms with van der Waals surface area (Å²) < 4.78 is 0.736. The van der Waals surface area contributed by atoms with Crippen molar-refractivity contribution in [2.24, 2.45) is 0 Å². The molecule has 72 valence electrons. The number of carbonyl (C=O) groups is 1. The third kappa shape index (κ3) is 1.73. The van der Waals surface area contributed by atoms with Crippen LogP contribution in [0.25, 0.3) is 10.6 Å². The van der Waals surface area contributed by atoms with Crippen LogP contribution in [0.1, 0.15) is 14.7 Å². The molecule has 0 fully saturated rings. The molecule has 2 aromatic heterocycles. The zero-order valence-corrected chi connectivity index (χ0v) is 9.67. The van der Waals surface area contributed by atoms with E-state index in [1.165, 1.54) is 22.7 Å². The molecule has 0 saturated carbocycles. The van der Waals surface area contributed by atoms with E-state index in [1.54, 1.807) is 0 Å². The quantitative estimate of drug-likeness (QED) is 0.754. The highest BCUT2D eigenvalue weighted by Gasteiger charge is 2.10. The largest absolute Gasteiger partial charge is 0.295 e. The van der Waals surface area contributed by atoms with Gasteiger partial charge in [0.2, 0.25) is 0 Å². The summed E-state index contributed by atoms with van der Waals surface area (Å²) in [5, 5.41) is 0.516. The highest BCUT2D eigenvalue weighted by atomic mass is 35.5. The minimum absolute atomic E-state index is 0.516. The van der Waals surface area contributed by atoms with Crippen LogP contribution in [0.5, 0.6) is 0 Å². The summed E-state index contributed by atoms with van der Waals surface area (Å²) in [6.07, 6.45) is 0.774. The summed E-state index contributed by atoms with van der Waals surface area (Å²) in [5.41, 5.74) is 0.869. The number of rotatable bonds is 2. The molecule has 0 radical (unpaired) electrons. The van der Waals surface area contributed by atoms with Crippen LogP contribution in [0, 0.1) is 6.92 Å². The summed E-state index contributed by atoms with van der Waals surface area (Å²) in [6, 6.07) is 3.75. The molecule has 0 bridgehead atoms. The first-order chi connectivity index (χ1) is 6.70. The van der Waals surface area contributed by atoms with Gasteiger partial charge >= 0.3 is 0 Å². The fraction of sp³-hybridized carbons (Fsp3) is 0.111. The smallest absolute Gasteiger partial charge is 0.178 e. The molecular weight excluding hydrogens is 238 g/mol. The van der Waals surface area contributed by atoms with E-state index in [4.69, 9.17) is 11.6 Å². The highest BCUT2D eigenvalue weighted by molar-refractivity contribution is 7.20. The van der Waals surface area contributed by atoms with Gasteiger partial charge in [-0.05, 0) is 19.1 Å². The molecule has 0 amide bonds. The van der Waals surface area contributed by atoms with Crippen molar-refractivity contribution in [3.8, 4) is 10.6 Å². The first kappa shape index (κ1) is 9.83. The van der Waals surface area contributed by atoms with Crippen molar-refractivity contribution in [3.05, 3.63) is 26.4 Å². The van der Waals surface area contributed by atoms with Crippen LogP contribution in [-0.2, 0) is 0 Å². The maximum Gasteiger partial charge on any atom is 0.178 e. The number of aromatic nitrogens is 1. The Morgan fingerprint density at radius 2 is 2.21 bits per heavy atom. The predicted molar refractivity (Wildman–Crippen MR) is 60.6 cm³/mol. The molecular formula is C9H6ClNOS2. The van der Waals surface area contributed by atoms with Crippen LogP contribution in [-0.4, -0.2) is 11.3 Å². The Kier molecular flexibility index (Phi) is 2.67. The van der Waals surface area contributed by atoms with Crippen LogP contribution < -0.4 is 0 Å². The normalized spacial score (nSPS) is 10.4. The SMILES string of the molecule is Cc1sc(C=O)nc1-c1ccc(Cl)s1. The Morgan fingerprint density at radius 1 is 1.43 bits per heavy atom. The average Bonchev–Trinajstić information content (AvgIpc) is 2.71. The number of thiazole rings is 1. The summed E-state index contributed by atoms with van der Waals surface area (Å²) in [5.74, 6) is 0. The first-order valence-electron chi connectivity index (χ1n) is 3.89. The lowest BCUT2D eigenvalue weighted by molar-refractivity contribution is 0.112. The van der Waals surface area contributed by atoms with Gasteiger partial charge < -0.3 is 0 Å². The summed E-state index contributed by atoms with van der Waals surface area (Å²) in [7, 11) is 0. The Morgan fingerprint density at radius 3 is 2.71 bits per heavy atom. The number of hydrogen-bond donors (Lipinski definition) is 0. The van der Waals surface area contributed by atoms with E-state index in [1.807, 2.05) is 19.1 Å². The van der Waals surface area contributed by atoms with Crippen molar-refractivity contribution in [2.45, 2.75) is 6.92 Å². The lowest BCUT2D eigenvalue weighted by Crippen LogP contribution is -1.77. The van der Waals surface area contributed by atoms with E-state index in [9.17, 15) is 4.79 Å². The average molecular weight is 244 g/mol. The topological polar surface area (TPSA) is 30.0 Å². The highest BCUT2D eigenvalue weighted by Crippen LogP contribution is 2.34. The van der Waals surface area contributed by atoms with Crippen LogP contribution in [0.15, 0.2) is 12.1 Å². The van der Waals surface area contributed by atoms with Crippen molar-refractivity contribution < 1.29 is 4.79 Å². The van der Waals surface area contributed by atoms with E-state index in [0.29, 0.717) is 5.01 Å². The maximum atomic E-state index is 10.5. The molecule has 0 aliphatic heterocycles.